The molecule has 27 heavy (non-hydrogen) atoms. The zero-order chi connectivity index (χ0) is 18.5. The first-order valence-corrected chi connectivity index (χ1v) is 9.76. The lowest BCUT2D eigenvalue weighted by atomic mass is 10.1. The van der Waals surface area contributed by atoms with Crippen LogP contribution in [0.4, 0.5) is 0 Å². The van der Waals surface area contributed by atoms with Crippen molar-refractivity contribution < 1.29 is 0 Å². The summed E-state index contributed by atoms with van der Waals surface area (Å²) in [5, 5.41) is 3.50. The van der Waals surface area contributed by atoms with Crippen LogP contribution >= 0.6 is 24.0 Å². The smallest absolute Gasteiger partial charge is 0.193 e. The monoisotopic (exact) mass is 484 g/mol. The lowest BCUT2D eigenvalue weighted by Gasteiger charge is -2.24. The minimum Gasteiger partial charge on any atom is -0.351 e. The van der Waals surface area contributed by atoms with Gasteiger partial charge in [0.05, 0.1) is 12.2 Å². The average Bonchev–Trinajstić information content (AvgIpc) is 3.28. The van der Waals surface area contributed by atoms with Gasteiger partial charge in [-0.15, -0.1) is 24.0 Å². The Bertz CT molecular complexity index is 752. The molecule has 2 aromatic rings. The van der Waals surface area contributed by atoms with E-state index in [9.17, 15) is 0 Å². The van der Waals surface area contributed by atoms with Gasteiger partial charge in [-0.05, 0) is 44.5 Å². The van der Waals surface area contributed by atoms with E-state index in [4.69, 9.17) is 4.98 Å². The van der Waals surface area contributed by atoms with Crippen molar-refractivity contribution in [3.05, 3.63) is 35.8 Å². The van der Waals surface area contributed by atoms with Crippen molar-refractivity contribution >= 4 is 35.6 Å². The normalized spacial score (nSPS) is 17.6. The molecule has 0 aliphatic carbocycles. The Morgan fingerprint density at radius 1 is 1.33 bits per heavy atom. The fourth-order valence-corrected chi connectivity index (χ4v) is 3.81. The molecule has 1 N–H and O–H groups in total. The second-order valence-electron chi connectivity index (χ2n) is 7.11. The number of rotatable bonds is 6. The summed E-state index contributed by atoms with van der Waals surface area (Å²) in [4.78, 5) is 14.1. The van der Waals surface area contributed by atoms with Crippen LogP contribution < -0.4 is 5.32 Å². The van der Waals surface area contributed by atoms with E-state index in [-0.39, 0.29) is 24.0 Å². The standard InChI is InChI=1S/C20H32N6.HI/c1-5-24(6-2)13-17-10-11-25(14-17)20(21-4)22-12-18-15-26-16(3)8-7-9-19(26)23-18;/h7-9,15,17H,5-6,10-14H2,1-4H3,(H,21,22);1H. The third-order valence-corrected chi connectivity index (χ3v) is 5.38. The summed E-state index contributed by atoms with van der Waals surface area (Å²) >= 11 is 0. The maximum absolute atomic E-state index is 4.70. The van der Waals surface area contributed by atoms with Crippen molar-refractivity contribution in [2.45, 2.75) is 33.7 Å². The van der Waals surface area contributed by atoms with E-state index in [0.29, 0.717) is 6.54 Å². The number of guanidine groups is 1. The van der Waals surface area contributed by atoms with Crippen LogP contribution in [-0.2, 0) is 6.54 Å². The minimum atomic E-state index is 0. The highest BCUT2D eigenvalue weighted by molar-refractivity contribution is 14.0. The van der Waals surface area contributed by atoms with Crippen LogP contribution in [0.2, 0.25) is 0 Å². The second-order valence-corrected chi connectivity index (χ2v) is 7.11. The first-order valence-electron chi connectivity index (χ1n) is 9.76. The Hall–Kier alpha value is -1.35. The van der Waals surface area contributed by atoms with Crippen LogP contribution in [-0.4, -0.2) is 64.9 Å². The van der Waals surface area contributed by atoms with E-state index in [1.165, 1.54) is 18.7 Å². The van der Waals surface area contributed by atoms with Gasteiger partial charge >= 0.3 is 0 Å². The van der Waals surface area contributed by atoms with E-state index in [2.05, 4.69) is 57.5 Å². The van der Waals surface area contributed by atoms with Gasteiger partial charge in [-0.1, -0.05) is 19.9 Å². The van der Waals surface area contributed by atoms with Crippen molar-refractivity contribution in [2.24, 2.45) is 10.9 Å². The van der Waals surface area contributed by atoms with Crippen LogP contribution in [0, 0.1) is 12.8 Å². The topological polar surface area (TPSA) is 48.2 Å². The van der Waals surface area contributed by atoms with Crippen LogP contribution in [0.25, 0.3) is 5.65 Å². The Morgan fingerprint density at radius 3 is 2.78 bits per heavy atom. The number of aryl methyl sites for hydroxylation is 1. The molecular formula is C20H33IN6. The number of halogens is 1. The van der Waals surface area contributed by atoms with E-state index in [0.717, 1.165) is 49.4 Å². The number of nitrogens with zero attached hydrogens (tertiary/aromatic N) is 5. The van der Waals surface area contributed by atoms with Crippen molar-refractivity contribution in [3.8, 4) is 0 Å². The van der Waals surface area contributed by atoms with Gasteiger partial charge in [0.1, 0.15) is 5.65 Å². The number of aliphatic imine (C=N–C) groups is 1. The summed E-state index contributed by atoms with van der Waals surface area (Å²) in [7, 11) is 1.87. The van der Waals surface area contributed by atoms with E-state index >= 15 is 0 Å². The molecule has 6 nitrogen and oxygen atoms in total. The maximum Gasteiger partial charge on any atom is 0.193 e. The second kappa shape index (κ2) is 10.3. The highest BCUT2D eigenvalue weighted by Crippen LogP contribution is 2.18. The molecule has 150 valence electrons. The minimum absolute atomic E-state index is 0. The predicted octanol–water partition coefficient (Wildman–Crippen LogP) is 3.00. The molecule has 7 heteroatoms. The van der Waals surface area contributed by atoms with Crippen LogP contribution in [0.5, 0.6) is 0 Å². The third kappa shape index (κ3) is 5.34. The first-order chi connectivity index (χ1) is 12.6. The van der Waals surface area contributed by atoms with Crippen molar-refractivity contribution in [2.75, 3.05) is 39.8 Å². The molecular weight excluding hydrogens is 451 g/mol. The van der Waals surface area contributed by atoms with Crippen molar-refractivity contribution in [3.63, 3.8) is 0 Å². The van der Waals surface area contributed by atoms with E-state index in [1.807, 2.05) is 19.2 Å². The molecule has 2 aromatic heterocycles. The molecule has 3 heterocycles. The van der Waals surface area contributed by atoms with Crippen molar-refractivity contribution in [1.82, 2.24) is 24.5 Å². The lowest BCUT2D eigenvalue weighted by molar-refractivity contribution is 0.255. The summed E-state index contributed by atoms with van der Waals surface area (Å²) in [6, 6.07) is 6.20. The summed E-state index contributed by atoms with van der Waals surface area (Å²) in [5.41, 5.74) is 3.24. The fourth-order valence-electron chi connectivity index (χ4n) is 3.81. The molecule has 1 atom stereocenters. The fraction of sp³-hybridized carbons (Fsp3) is 0.600. The number of hydrogen-bond donors (Lipinski definition) is 1. The van der Waals surface area contributed by atoms with Crippen molar-refractivity contribution in [1.29, 1.82) is 0 Å². The van der Waals surface area contributed by atoms with E-state index in [1.54, 1.807) is 0 Å². The Balaban J connectivity index is 0.00000261. The molecule has 0 amide bonds. The van der Waals surface area contributed by atoms with Gasteiger partial charge in [-0.3, -0.25) is 4.99 Å². The molecule has 0 radical (unpaired) electrons. The summed E-state index contributed by atoms with van der Waals surface area (Å²) in [6.45, 7) is 12.9. The van der Waals surface area contributed by atoms with Crippen LogP contribution in [0.15, 0.2) is 29.4 Å². The SMILES string of the molecule is CCN(CC)CC1CCN(C(=NC)NCc2cn3c(C)cccc3n2)C1.I. The molecule has 0 saturated carbocycles. The Kier molecular flexibility index (Phi) is 8.34. The van der Waals surface area contributed by atoms with Crippen LogP contribution in [0.1, 0.15) is 31.7 Å². The van der Waals surface area contributed by atoms with E-state index < -0.39 is 0 Å². The number of aromatic nitrogens is 2. The molecule has 0 bridgehead atoms. The molecule has 3 rings (SSSR count). The maximum atomic E-state index is 4.70. The zero-order valence-corrected chi connectivity index (χ0v) is 19.3. The zero-order valence-electron chi connectivity index (χ0n) is 17.0. The van der Waals surface area contributed by atoms with Gasteiger partial charge in [0.2, 0.25) is 0 Å². The first kappa shape index (κ1) is 21.9. The molecule has 0 spiro atoms. The Labute approximate surface area is 180 Å². The molecule has 1 aliphatic rings. The summed E-state index contributed by atoms with van der Waals surface area (Å²) in [5.74, 6) is 1.71. The number of likely N-dealkylation sites (tertiary alicyclic amines) is 1. The number of hydrogen-bond acceptors (Lipinski definition) is 3. The molecule has 1 saturated heterocycles. The number of fused-ring (bicyclic) bond motifs is 1. The molecule has 1 fully saturated rings. The van der Waals surface area contributed by atoms with Crippen LogP contribution in [0.3, 0.4) is 0 Å². The largest absolute Gasteiger partial charge is 0.351 e. The van der Waals surface area contributed by atoms with Gasteiger partial charge in [-0.2, -0.15) is 0 Å². The number of imidazole rings is 1. The van der Waals surface area contributed by atoms with Gasteiger partial charge < -0.3 is 19.5 Å². The quantitative estimate of drug-likeness (QED) is 0.389. The van der Waals surface area contributed by atoms with Gasteiger partial charge in [0.15, 0.2) is 5.96 Å². The van der Waals surface area contributed by atoms with Gasteiger partial charge in [0.25, 0.3) is 0 Å². The highest BCUT2D eigenvalue weighted by Gasteiger charge is 2.25. The Morgan fingerprint density at radius 2 is 2.11 bits per heavy atom. The number of nitrogens with one attached hydrogen (secondary N) is 1. The summed E-state index contributed by atoms with van der Waals surface area (Å²) in [6.07, 6.45) is 3.35. The lowest BCUT2D eigenvalue weighted by Crippen LogP contribution is -2.40. The van der Waals surface area contributed by atoms with Gasteiger partial charge in [-0.25, -0.2) is 4.98 Å². The molecule has 1 unspecified atom stereocenters. The van der Waals surface area contributed by atoms with Gasteiger partial charge in [0, 0.05) is 38.6 Å². The number of pyridine rings is 1. The predicted molar refractivity (Wildman–Crippen MR) is 123 cm³/mol. The highest BCUT2D eigenvalue weighted by atomic mass is 127. The molecule has 1 aliphatic heterocycles. The summed E-state index contributed by atoms with van der Waals surface area (Å²) < 4.78 is 2.13. The molecule has 0 aromatic carbocycles. The third-order valence-electron chi connectivity index (χ3n) is 5.38. The average molecular weight is 484 g/mol.